The average Bonchev–Trinajstić information content (AvgIpc) is 2.50. The first kappa shape index (κ1) is 16.0. The van der Waals surface area contributed by atoms with Gasteiger partial charge in [0.1, 0.15) is 0 Å². The van der Waals surface area contributed by atoms with E-state index in [4.69, 9.17) is 0 Å². The SMILES string of the molecule is O=C(CSCc1ccccc1)Nc1ccc(F)c([N+](=O)[O-])c1. The summed E-state index contributed by atoms with van der Waals surface area (Å²) in [5.41, 5.74) is 0.658. The molecule has 114 valence electrons. The predicted molar refractivity (Wildman–Crippen MR) is 84.3 cm³/mol. The molecule has 0 aliphatic carbocycles. The van der Waals surface area contributed by atoms with Crippen molar-refractivity contribution in [1.82, 2.24) is 0 Å². The normalized spacial score (nSPS) is 10.2. The third-order valence-electron chi connectivity index (χ3n) is 2.77. The summed E-state index contributed by atoms with van der Waals surface area (Å²) >= 11 is 1.43. The van der Waals surface area contributed by atoms with Gasteiger partial charge in [0, 0.05) is 17.5 Å². The lowest BCUT2D eigenvalue weighted by atomic mass is 10.2. The lowest BCUT2D eigenvalue weighted by molar-refractivity contribution is -0.387. The number of hydrogen-bond donors (Lipinski definition) is 1. The Kier molecular flexibility index (Phi) is 5.48. The van der Waals surface area contributed by atoms with E-state index in [1.165, 1.54) is 17.8 Å². The van der Waals surface area contributed by atoms with E-state index in [-0.39, 0.29) is 17.3 Å². The predicted octanol–water partition coefficient (Wildman–Crippen LogP) is 3.61. The summed E-state index contributed by atoms with van der Waals surface area (Å²) < 4.78 is 13.2. The van der Waals surface area contributed by atoms with E-state index in [0.717, 1.165) is 17.7 Å². The topological polar surface area (TPSA) is 72.2 Å². The lowest BCUT2D eigenvalue weighted by Gasteiger charge is -2.05. The molecule has 0 spiro atoms. The Morgan fingerprint density at radius 3 is 2.64 bits per heavy atom. The Bertz CT molecular complexity index is 680. The molecule has 0 aliphatic heterocycles. The highest BCUT2D eigenvalue weighted by molar-refractivity contribution is 7.99. The molecule has 0 atom stereocenters. The number of nitro groups is 1. The van der Waals surface area contributed by atoms with Crippen LogP contribution in [0.1, 0.15) is 5.56 Å². The van der Waals surface area contributed by atoms with Crippen LogP contribution >= 0.6 is 11.8 Å². The molecule has 0 aliphatic rings. The van der Waals surface area contributed by atoms with Gasteiger partial charge >= 0.3 is 5.69 Å². The average molecular weight is 320 g/mol. The van der Waals surface area contributed by atoms with Crippen LogP contribution in [0.15, 0.2) is 48.5 Å². The molecule has 0 unspecified atom stereocenters. The second kappa shape index (κ2) is 7.56. The number of nitrogens with zero attached hydrogens (tertiary/aromatic N) is 1. The van der Waals surface area contributed by atoms with Crippen molar-refractivity contribution >= 4 is 29.0 Å². The minimum Gasteiger partial charge on any atom is -0.325 e. The highest BCUT2D eigenvalue weighted by Gasteiger charge is 2.15. The van der Waals surface area contributed by atoms with Crippen molar-refractivity contribution in [2.24, 2.45) is 0 Å². The van der Waals surface area contributed by atoms with E-state index < -0.39 is 16.4 Å². The maximum absolute atomic E-state index is 13.2. The molecule has 7 heteroatoms. The molecule has 0 radical (unpaired) electrons. The quantitative estimate of drug-likeness (QED) is 0.652. The maximum atomic E-state index is 13.2. The number of carbonyl (C=O) groups excluding carboxylic acids is 1. The maximum Gasteiger partial charge on any atom is 0.306 e. The number of thioether (sulfide) groups is 1. The molecule has 1 amide bonds. The molecule has 5 nitrogen and oxygen atoms in total. The standard InChI is InChI=1S/C15H13FN2O3S/c16-13-7-6-12(8-14(13)18(20)21)17-15(19)10-22-9-11-4-2-1-3-5-11/h1-8H,9-10H2,(H,17,19). The molecule has 0 heterocycles. The number of rotatable bonds is 6. The van der Waals surface area contributed by atoms with Crippen molar-refractivity contribution in [2.45, 2.75) is 5.75 Å². The van der Waals surface area contributed by atoms with Gasteiger partial charge in [0.25, 0.3) is 0 Å². The molecule has 2 rings (SSSR count). The minimum atomic E-state index is -0.929. The molecule has 0 fully saturated rings. The Balaban J connectivity index is 1.87. The van der Waals surface area contributed by atoms with Crippen molar-refractivity contribution in [2.75, 3.05) is 11.1 Å². The van der Waals surface area contributed by atoms with Crippen molar-refractivity contribution in [3.63, 3.8) is 0 Å². The molecule has 0 saturated heterocycles. The molecule has 2 aromatic carbocycles. The molecule has 1 N–H and O–H groups in total. The van der Waals surface area contributed by atoms with Gasteiger partial charge in [-0.2, -0.15) is 4.39 Å². The van der Waals surface area contributed by atoms with Crippen LogP contribution in [0.5, 0.6) is 0 Å². The van der Waals surface area contributed by atoms with Crippen molar-refractivity contribution in [3.05, 3.63) is 70.0 Å². The summed E-state index contributed by atoms with van der Waals surface area (Å²) in [7, 11) is 0. The van der Waals surface area contributed by atoms with Crippen molar-refractivity contribution in [3.8, 4) is 0 Å². The zero-order valence-corrected chi connectivity index (χ0v) is 12.3. The van der Waals surface area contributed by atoms with Gasteiger partial charge in [-0.25, -0.2) is 0 Å². The van der Waals surface area contributed by atoms with Crippen molar-refractivity contribution < 1.29 is 14.1 Å². The second-order valence-corrected chi connectivity index (χ2v) is 5.44. The van der Waals surface area contributed by atoms with Crippen LogP contribution in [0.3, 0.4) is 0 Å². The van der Waals surface area contributed by atoms with Gasteiger partial charge in [0.15, 0.2) is 0 Å². The number of halogens is 1. The van der Waals surface area contributed by atoms with Gasteiger partial charge in [-0.05, 0) is 17.7 Å². The summed E-state index contributed by atoms with van der Waals surface area (Å²) in [6, 6.07) is 13.0. The molecular formula is C15H13FN2O3S. The first-order chi connectivity index (χ1) is 10.6. The number of carbonyl (C=O) groups is 1. The first-order valence-electron chi connectivity index (χ1n) is 6.42. The van der Waals surface area contributed by atoms with Crippen LogP contribution in [0, 0.1) is 15.9 Å². The van der Waals surface area contributed by atoms with Crippen LogP contribution in [0.2, 0.25) is 0 Å². The molecule has 0 bridgehead atoms. The number of benzene rings is 2. The number of amides is 1. The number of nitro benzene ring substituents is 1. The molecule has 2 aromatic rings. The first-order valence-corrected chi connectivity index (χ1v) is 7.57. The highest BCUT2D eigenvalue weighted by Crippen LogP contribution is 2.22. The summed E-state index contributed by atoms with van der Waals surface area (Å²) in [5, 5.41) is 13.2. The van der Waals surface area contributed by atoms with E-state index in [1.807, 2.05) is 30.3 Å². The Hall–Kier alpha value is -2.41. The largest absolute Gasteiger partial charge is 0.325 e. The highest BCUT2D eigenvalue weighted by atomic mass is 32.2. The fraction of sp³-hybridized carbons (Fsp3) is 0.133. The third-order valence-corrected chi connectivity index (χ3v) is 3.78. The monoisotopic (exact) mass is 320 g/mol. The van der Waals surface area contributed by atoms with Gasteiger partial charge in [-0.15, -0.1) is 11.8 Å². The number of nitrogens with one attached hydrogen (secondary N) is 1. The summed E-state index contributed by atoms with van der Waals surface area (Å²) in [6.07, 6.45) is 0. The second-order valence-electron chi connectivity index (χ2n) is 4.45. The van der Waals surface area contributed by atoms with Gasteiger partial charge in [0.2, 0.25) is 11.7 Å². The number of anilines is 1. The molecule has 22 heavy (non-hydrogen) atoms. The van der Waals surface area contributed by atoms with Gasteiger partial charge in [-0.1, -0.05) is 30.3 Å². The van der Waals surface area contributed by atoms with Crippen molar-refractivity contribution in [1.29, 1.82) is 0 Å². The number of hydrogen-bond acceptors (Lipinski definition) is 4. The van der Waals surface area contributed by atoms with Crippen LogP contribution < -0.4 is 5.32 Å². The molecule has 0 aromatic heterocycles. The van der Waals surface area contributed by atoms with E-state index >= 15 is 0 Å². The van der Waals surface area contributed by atoms with Crippen LogP contribution in [-0.4, -0.2) is 16.6 Å². The Labute approximate surface area is 130 Å². The fourth-order valence-electron chi connectivity index (χ4n) is 1.76. The van der Waals surface area contributed by atoms with E-state index in [0.29, 0.717) is 5.75 Å². The van der Waals surface area contributed by atoms with Gasteiger partial charge in [-0.3, -0.25) is 14.9 Å². The van der Waals surface area contributed by atoms with Crippen LogP contribution in [0.25, 0.3) is 0 Å². The smallest absolute Gasteiger partial charge is 0.306 e. The van der Waals surface area contributed by atoms with E-state index in [1.54, 1.807) is 0 Å². The Morgan fingerprint density at radius 1 is 1.23 bits per heavy atom. The summed E-state index contributed by atoms with van der Waals surface area (Å²) in [5.74, 6) is -0.318. The fourth-order valence-corrected chi connectivity index (χ4v) is 2.55. The van der Waals surface area contributed by atoms with Gasteiger partial charge in [0.05, 0.1) is 10.7 Å². The van der Waals surface area contributed by atoms with E-state index in [2.05, 4.69) is 5.32 Å². The summed E-state index contributed by atoms with van der Waals surface area (Å²) in [6.45, 7) is 0. The Morgan fingerprint density at radius 2 is 1.95 bits per heavy atom. The van der Waals surface area contributed by atoms with Gasteiger partial charge < -0.3 is 5.32 Å². The zero-order chi connectivity index (χ0) is 15.9. The molecule has 0 saturated carbocycles. The van der Waals surface area contributed by atoms with Crippen LogP contribution in [0.4, 0.5) is 15.8 Å². The third kappa shape index (κ3) is 4.56. The lowest BCUT2D eigenvalue weighted by Crippen LogP contribution is -2.14. The zero-order valence-electron chi connectivity index (χ0n) is 11.5. The minimum absolute atomic E-state index is 0.207. The molecular weight excluding hydrogens is 307 g/mol. The summed E-state index contributed by atoms with van der Waals surface area (Å²) in [4.78, 5) is 21.6. The van der Waals surface area contributed by atoms with Crippen LogP contribution in [-0.2, 0) is 10.5 Å². The van der Waals surface area contributed by atoms with E-state index in [9.17, 15) is 19.3 Å².